The fourth-order valence-corrected chi connectivity index (χ4v) is 4.95. The summed E-state index contributed by atoms with van der Waals surface area (Å²) in [4.78, 5) is 23.8. The molecule has 2 N–H and O–H groups in total. The monoisotopic (exact) mass is 545 g/mol. The number of carbonyl (C=O) groups excluding carboxylic acids is 2. The van der Waals surface area contributed by atoms with Crippen molar-refractivity contribution in [1.82, 2.24) is 5.32 Å². The lowest BCUT2D eigenvalue weighted by Crippen LogP contribution is -2.24. The minimum atomic E-state index is -0.358. The van der Waals surface area contributed by atoms with Gasteiger partial charge in [0.25, 0.3) is 5.91 Å². The highest BCUT2D eigenvalue weighted by Crippen LogP contribution is 2.36. The lowest BCUT2D eigenvalue weighted by atomic mass is 10.0. The van der Waals surface area contributed by atoms with E-state index in [0.29, 0.717) is 30.0 Å². The second-order valence-corrected chi connectivity index (χ2v) is 10.7. The van der Waals surface area contributed by atoms with Crippen LogP contribution in [0.1, 0.15) is 114 Å². The summed E-state index contributed by atoms with van der Waals surface area (Å²) >= 11 is 1.02. The molecule has 2 aromatic carbocycles. The molecular weight excluding hydrogens is 498 g/mol. The van der Waals surface area contributed by atoms with Crippen molar-refractivity contribution in [2.45, 2.75) is 104 Å². The fourth-order valence-electron chi connectivity index (χ4n) is 4.55. The third-order valence-electron chi connectivity index (χ3n) is 6.64. The first kappa shape index (κ1) is 31.8. The quantitative estimate of drug-likeness (QED) is 0.121. The van der Waals surface area contributed by atoms with Gasteiger partial charge in [-0.2, -0.15) is 0 Å². The third kappa shape index (κ3) is 12.4. The van der Waals surface area contributed by atoms with Gasteiger partial charge in [-0.25, -0.2) is 0 Å². The Morgan fingerprint density at radius 3 is 1.97 bits per heavy atom. The van der Waals surface area contributed by atoms with Gasteiger partial charge in [0.05, 0.1) is 23.4 Å². The molecule has 0 unspecified atom stereocenters. The standard InChI is InChI=1S/C31H47NO5S/c1-3-4-5-6-7-8-9-10-11-12-13-14-15-18-21-32-31(35)28-24-29(36-22-23-38-37-25(2)33)26-19-16-17-20-27(26)30(28)34/h16-17,19-20,24,34H,3-15,18,21-23H2,1-2H3,(H,32,35). The number of amides is 1. The van der Waals surface area contributed by atoms with Gasteiger partial charge >= 0.3 is 5.97 Å². The van der Waals surface area contributed by atoms with Crippen LogP contribution in [0.5, 0.6) is 11.5 Å². The average molecular weight is 546 g/mol. The number of nitrogens with one attached hydrogen (secondary N) is 1. The molecule has 0 atom stereocenters. The van der Waals surface area contributed by atoms with Crippen molar-refractivity contribution in [3.8, 4) is 11.5 Å². The first-order chi connectivity index (χ1) is 18.5. The minimum absolute atomic E-state index is 0.0410. The number of rotatable bonds is 21. The van der Waals surface area contributed by atoms with Crippen molar-refractivity contribution in [3.63, 3.8) is 0 Å². The molecule has 0 bridgehead atoms. The molecule has 2 aromatic rings. The maximum absolute atomic E-state index is 12.9. The predicted molar refractivity (Wildman–Crippen MR) is 158 cm³/mol. The molecule has 7 heteroatoms. The molecule has 0 aromatic heterocycles. The van der Waals surface area contributed by atoms with Crippen LogP contribution >= 0.6 is 12.0 Å². The van der Waals surface area contributed by atoms with Gasteiger partial charge in [-0.15, -0.1) is 0 Å². The van der Waals surface area contributed by atoms with E-state index in [1.54, 1.807) is 12.1 Å². The van der Waals surface area contributed by atoms with Gasteiger partial charge in [-0.3, -0.25) is 9.59 Å². The van der Waals surface area contributed by atoms with E-state index in [0.717, 1.165) is 30.3 Å². The highest BCUT2D eigenvalue weighted by molar-refractivity contribution is 7.95. The maximum Gasteiger partial charge on any atom is 0.314 e. The number of hydrogen-bond donors (Lipinski definition) is 2. The molecule has 0 fully saturated rings. The molecular formula is C31H47NO5S. The molecule has 0 radical (unpaired) electrons. The second kappa shape index (κ2) is 19.6. The number of phenols is 1. The van der Waals surface area contributed by atoms with Crippen molar-refractivity contribution >= 4 is 34.7 Å². The van der Waals surface area contributed by atoms with E-state index in [1.807, 2.05) is 18.2 Å². The van der Waals surface area contributed by atoms with Crippen LogP contribution in [-0.4, -0.2) is 35.9 Å². The van der Waals surface area contributed by atoms with Crippen LogP contribution in [-0.2, 0) is 8.98 Å². The first-order valence-corrected chi connectivity index (χ1v) is 15.4. The lowest BCUT2D eigenvalue weighted by Gasteiger charge is -2.14. The second-order valence-electron chi connectivity index (χ2n) is 9.91. The number of phenolic OH excluding ortho intramolecular Hbond substituents is 1. The van der Waals surface area contributed by atoms with Crippen LogP contribution in [0.25, 0.3) is 10.8 Å². The number of carbonyl (C=O) groups is 2. The van der Waals surface area contributed by atoms with E-state index in [1.165, 1.54) is 84.0 Å². The van der Waals surface area contributed by atoms with Crippen LogP contribution in [0.4, 0.5) is 0 Å². The van der Waals surface area contributed by atoms with Gasteiger partial charge in [-0.05, 0) is 12.5 Å². The van der Waals surface area contributed by atoms with E-state index in [9.17, 15) is 14.7 Å². The van der Waals surface area contributed by atoms with E-state index < -0.39 is 0 Å². The summed E-state index contributed by atoms with van der Waals surface area (Å²) < 4.78 is 10.7. The van der Waals surface area contributed by atoms with Gasteiger partial charge in [0, 0.05) is 24.2 Å². The molecule has 6 nitrogen and oxygen atoms in total. The van der Waals surface area contributed by atoms with Gasteiger partial charge in [0.2, 0.25) is 0 Å². The summed E-state index contributed by atoms with van der Waals surface area (Å²) in [5.41, 5.74) is 0.205. The zero-order chi connectivity index (χ0) is 27.4. The summed E-state index contributed by atoms with van der Waals surface area (Å²) in [5.74, 6) is 0.268. The van der Waals surface area contributed by atoms with Crippen molar-refractivity contribution in [3.05, 3.63) is 35.9 Å². The lowest BCUT2D eigenvalue weighted by molar-refractivity contribution is -0.130. The molecule has 0 heterocycles. The Hall–Kier alpha value is -2.41. The van der Waals surface area contributed by atoms with Crippen molar-refractivity contribution in [1.29, 1.82) is 0 Å². The molecule has 0 aliphatic rings. The Morgan fingerprint density at radius 2 is 1.39 bits per heavy atom. The van der Waals surface area contributed by atoms with Crippen molar-refractivity contribution in [2.24, 2.45) is 0 Å². The minimum Gasteiger partial charge on any atom is -0.506 e. The molecule has 212 valence electrons. The highest BCUT2D eigenvalue weighted by Gasteiger charge is 2.17. The first-order valence-electron chi connectivity index (χ1n) is 14.5. The van der Waals surface area contributed by atoms with Gasteiger partial charge in [0.1, 0.15) is 18.1 Å². The largest absolute Gasteiger partial charge is 0.506 e. The van der Waals surface area contributed by atoms with Crippen LogP contribution in [0.15, 0.2) is 30.3 Å². The summed E-state index contributed by atoms with van der Waals surface area (Å²) in [5, 5.41) is 15.0. The van der Waals surface area contributed by atoms with E-state index in [2.05, 4.69) is 12.2 Å². The Kier molecular flexibility index (Phi) is 16.4. The smallest absolute Gasteiger partial charge is 0.314 e. The number of hydrogen-bond acceptors (Lipinski definition) is 6. The zero-order valence-corrected chi connectivity index (χ0v) is 24.2. The SMILES string of the molecule is CCCCCCCCCCCCCCCCNC(=O)c1cc(OCCSOC(C)=O)c2ccccc2c1O. The molecule has 2 rings (SSSR count). The fraction of sp³-hybridized carbons (Fsp3) is 0.613. The molecule has 0 spiro atoms. The summed E-state index contributed by atoms with van der Waals surface area (Å²) in [6.07, 6.45) is 18.1. The Balaban J connectivity index is 1.67. The third-order valence-corrected chi connectivity index (χ3v) is 7.33. The summed E-state index contributed by atoms with van der Waals surface area (Å²) in [6, 6.07) is 8.89. The number of fused-ring (bicyclic) bond motifs is 1. The zero-order valence-electron chi connectivity index (χ0n) is 23.4. The van der Waals surface area contributed by atoms with E-state index in [4.69, 9.17) is 8.92 Å². The summed E-state index contributed by atoms with van der Waals surface area (Å²) in [7, 11) is 0. The Bertz CT molecular complexity index is 965. The van der Waals surface area contributed by atoms with Crippen LogP contribution in [0.3, 0.4) is 0 Å². The van der Waals surface area contributed by atoms with E-state index >= 15 is 0 Å². The predicted octanol–water partition coefficient (Wildman–Crippen LogP) is 8.35. The molecule has 38 heavy (non-hydrogen) atoms. The highest BCUT2D eigenvalue weighted by atomic mass is 32.2. The maximum atomic E-state index is 12.9. The normalized spacial score (nSPS) is 11.0. The molecule has 0 aliphatic carbocycles. The molecule has 1 amide bonds. The number of benzene rings is 2. The molecule has 0 aliphatic heterocycles. The molecule has 0 saturated heterocycles. The number of unbranched alkanes of at least 4 members (excludes halogenated alkanes) is 13. The average Bonchev–Trinajstić information content (AvgIpc) is 2.91. The Morgan fingerprint density at radius 1 is 0.842 bits per heavy atom. The van der Waals surface area contributed by atoms with Crippen molar-refractivity contribution in [2.75, 3.05) is 18.9 Å². The summed E-state index contributed by atoms with van der Waals surface area (Å²) in [6.45, 7) is 4.50. The number of ether oxygens (including phenoxy) is 1. The van der Waals surface area contributed by atoms with Gasteiger partial charge < -0.3 is 19.3 Å². The van der Waals surface area contributed by atoms with Gasteiger partial charge in [-0.1, -0.05) is 115 Å². The molecule has 0 saturated carbocycles. The topological polar surface area (TPSA) is 84.9 Å². The van der Waals surface area contributed by atoms with Crippen LogP contribution in [0, 0.1) is 0 Å². The Labute approximate surface area is 233 Å². The number of aromatic hydroxyl groups is 1. The van der Waals surface area contributed by atoms with Crippen molar-refractivity contribution < 1.29 is 23.6 Å². The van der Waals surface area contributed by atoms with Crippen LogP contribution in [0.2, 0.25) is 0 Å². The van der Waals surface area contributed by atoms with Crippen LogP contribution < -0.4 is 10.1 Å². The van der Waals surface area contributed by atoms with E-state index in [-0.39, 0.29) is 23.2 Å². The van der Waals surface area contributed by atoms with Gasteiger partial charge in [0.15, 0.2) is 0 Å².